The number of hydrogen-bond acceptors (Lipinski definition) is 4. The number of rotatable bonds is 3. The van der Waals surface area contributed by atoms with E-state index in [1.807, 2.05) is 25.4 Å². The predicted octanol–water partition coefficient (Wildman–Crippen LogP) is 2.13. The molecule has 0 radical (unpaired) electrons. The lowest BCUT2D eigenvalue weighted by Gasteiger charge is -2.18. The third-order valence-corrected chi connectivity index (χ3v) is 3.54. The van der Waals surface area contributed by atoms with Crippen LogP contribution >= 0.6 is 0 Å². The highest BCUT2D eigenvalue weighted by molar-refractivity contribution is 6.05. The highest BCUT2D eigenvalue weighted by Gasteiger charge is 2.12. The molecule has 104 valence electrons. The van der Waals surface area contributed by atoms with E-state index in [4.69, 9.17) is 4.74 Å². The van der Waals surface area contributed by atoms with Crippen LogP contribution in [0.25, 0.3) is 11.0 Å². The summed E-state index contributed by atoms with van der Waals surface area (Å²) in [6.45, 7) is 1.57. The SMILES string of the molecule is Cn1cc2cc(C(=O)/C=C/C3CCOCC3)cnc2n1. The molecule has 3 heterocycles. The first kappa shape index (κ1) is 13.0. The summed E-state index contributed by atoms with van der Waals surface area (Å²) in [5.41, 5.74) is 1.27. The fourth-order valence-corrected chi connectivity index (χ4v) is 2.40. The van der Waals surface area contributed by atoms with Gasteiger partial charge in [-0.3, -0.25) is 9.48 Å². The van der Waals surface area contributed by atoms with Gasteiger partial charge < -0.3 is 4.74 Å². The van der Waals surface area contributed by atoms with Crippen LogP contribution in [0.5, 0.6) is 0 Å². The molecule has 0 spiro atoms. The van der Waals surface area contributed by atoms with Crippen molar-refractivity contribution in [1.82, 2.24) is 14.8 Å². The fraction of sp³-hybridized carbons (Fsp3) is 0.400. The molecule has 1 aliphatic rings. The Morgan fingerprint density at radius 2 is 2.25 bits per heavy atom. The van der Waals surface area contributed by atoms with Gasteiger partial charge in [0.05, 0.1) is 0 Å². The first-order chi connectivity index (χ1) is 9.72. The second-order valence-corrected chi connectivity index (χ2v) is 5.11. The molecule has 1 saturated heterocycles. The molecule has 2 aromatic rings. The molecule has 3 rings (SSSR count). The molecule has 1 fully saturated rings. The molecule has 0 unspecified atom stereocenters. The Kier molecular flexibility index (Phi) is 3.60. The molecule has 0 saturated carbocycles. The molecule has 20 heavy (non-hydrogen) atoms. The van der Waals surface area contributed by atoms with Crippen LogP contribution in [0.2, 0.25) is 0 Å². The molecule has 0 aliphatic carbocycles. The van der Waals surface area contributed by atoms with Crippen molar-refractivity contribution in [3.05, 3.63) is 36.2 Å². The summed E-state index contributed by atoms with van der Waals surface area (Å²) < 4.78 is 7.00. The van der Waals surface area contributed by atoms with Crippen LogP contribution in [-0.2, 0) is 11.8 Å². The van der Waals surface area contributed by atoms with Crippen molar-refractivity contribution in [3.8, 4) is 0 Å². The van der Waals surface area contributed by atoms with Gasteiger partial charge in [-0.25, -0.2) is 4.98 Å². The zero-order valence-corrected chi connectivity index (χ0v) is 11.5. The van der Waals surface area contributed by atoms with Gasteiger partial charge in [-0.1, -0.05) is 6.08 Å². The lowest BCUT2D eigenvalue weighted by Crippen LogP contribution is -2.13. The third kappa shape index (κ3) is 2.77. The van der Waals surface area contributed by atoms with E-state index >= 15 is 0 Å². The zero-order chi connectivity index (χ0) is 13.9. The largest absolute Gasteiger partial charge is 0.381 e. The Morgan fingerprint density at radius 3 is 3.05 bits per heavy atom. The van der Waals surface area contributed by atoms with E-state index in [-0.39, 0.29) is 5.78 Å². The molecule has 5 heteroatoms. The average Bonchev–Trinajstić information content (AvgIpc) is 2.85. The monoisotopic (exact) mass is 271 g/mol. The van der Waals surface area contributed by atoms with E-state index in [1.165, 1.54) is 0 Å². The van der Waals surface area contributed by atoms with Crippen molar-refractivity contribution in [1.29, 1.82) is 0 Å². The maximum atomic E-state index is 12.2. The Morgan fingerprint density at radius 1 is 1.45 bits per heavy atom. The van der Waals surface area contributed by atoms with Crippen LogP contribution in [0.15, 0.2) is 30.6 Å². The van der Waals surface area contributed by atoms with Crippen LogP contribution in [0.1, 0.15) is 23.2 Å². The van der Waals surface area contributed by atoms with Gasteiger partial charge in [-0.15, -0.1) is 0 Å². The molecular weight excluding hydrogens is 254 g/mol. The summed E-state index contributed by atoms with van der Waals surface area (Å²) in [5.74, 6) is 0.442. The highest BCUT2D eigenvalue weighted by atomic mass is 16.5. The lowest BCUT2D eigenvalue weighted by molar-refractivity contribution is 0.0783. The summed E-state index contributed by atoms with van der Waals surface area (Å²) in [6, 6.07) is 1.84. The number of nitrogens with zero attached hydrogens (tertiary/aromatic N) is 3. The van der Waals surface area contributed by atoms with E-state index < -0.39 is 0 Å². The second-order valence-electron chi connectivity index (χ2n) is 5.11. The number of aryl methyl sites for hydroxylation is 1. The molecule has 0 bridgehead atoms. The maximum Gasteiger partial charge on any atom is 0.187 e. The number of aromatic nitrogens is 3. The van der Waals surface area contributed by atoms with Crippen molar-refractivity contribution in [2.24, 2.45) is 13.0 Å². The number of ether oxygens (including phenoxy) is 1. The number of pyridine rings is 1. The smallest absolute Gasteiger partial charge is 0.187 e. The standard InChI is InChI=1S/C15H17N3O2/c1-18-10-13-8-12(9-16-15(13)17-18)14(19)3-2-11-4-6-20-7-5-11/h2-3,8-11H,4-7H2,1H3/b3-2+. The van der Waals surface area contributed by atoms with Gasteiger partial charge >= 0.3 is 0 Å². The number of ketones is 1. The van der Waals surface area contributed by atoms with E-state index in [2.05, 4.69) is 10.1 Å². The normalized spacial score (nSPS) is 17.1. The van der Waals surface area contributed by atoms with Crippen molar-refractivity contribution in [2.75, 3.05) is 13.2 Å². The highest BCUT2D eigenvalue weighted by Crippen LogP contribution is 2.17. The Bertz CT molecular complexity index is 654. The Hall–Kier alpha value is -2.01. The minimum absolute atomic E-state index is 0.00487. The lowest BCUT2D eigenvalue weighted by atomic mass is 9.99. The average molecular weight is 271 g/mol. The molecule has 0 amide bonds. The summed E-state index contributed by atoms with van der Waals surface area (Å²) in [7, 11) is 1.84. The maximum absolute atomic E-state index is 12.2. The van der Waals surface area contributed by atoms with Gasteiger partial charge in [0.15, 0.2) is 11.4 Å². The topological polar surface area (TPSA) is 57.0 Å². The Balaban J connectivity index is 1.75. The van der Waals surface area contributed by atoms with Gasteiger partial charge in [0.25, 0.3) is 0 Å². The summed E-state index contributed by atoms with van der Waals surface area (Å²) >= 11 is 0. The summed E-state index contributed by atoms with van der Waals surface area (Å²) in [5, 5.41) is 5.08. The third-order valence-electron chi connectivity index (χ3n) is 3.54. The van der Waals surface area contributed by atoms with Crippen LogP contribution in [0.3, 0.4) is 0 Å². The van der Waals surface area contributed by atoms with E-state index in [0.717, 1.165) is 31.4 Å². The van der Waals surface area contributed by atoms with Crippen LogP contribution in [0.4, 0.5) is 0 Å². The van der Waals surface area contributed by atoms with Gasteiger partial charge in [0, 0.05) is 43.6 Å². The van der Waals surface area contributed by atoms with Crippen LogP contribution in [0, 0.1) is 5.92 Å². The number of fused-ring (bicyclic) bond motifs is 1. The zero-order valence-electron chi connectivity index (χ0n) is 11.5. The Labute approximate surface area is 117 Å². The molecular formula is C15H17N3O2. The first-order valence-electron chi connectivity index (χ1n) is 6.82. The van der Waals surface area contributed by atoms with Crippen LogP contribution < -0.4 is 0 Å². The molecule has 2 aromatic heterocycles. The minimum Gasteiger partial charge on any atom is -0.381 e. The van der Waals surface area contributed by atoms with Crippen LogP contribution in [-0.4, -0.2) is 33.8 Å². The number of allylic oxidation sites excluding steroid dienone is 2. The van der Waals surface area contributed by atoms with Gasteiger partial charge in [0.2, 0.25) is 0 Å². The minimum atomic E-state index is -0.00487. The molecule has 0 aromatic carbocycles. The first-order valence-corrected chi connectivity index (χ1v) is 6.82. The summed E-state index contributed by atoms with van der Waals surface area (Å²) in [4.78, 5) is 16.4. The number of carbonyl (C=O) groups excluding carboxylic acids is 1. The van der Waals surface area contributed by atoms with E-state index in [9.17, 15) is 4.79 Å². The quantitative estimate of drug-likeness (QED) is 0.634. The molecule has 1 aliphatic heterocycles. The predicted molar refractivity (Wildman–Crippen MR) is 75.5 cm³/mol. The molecule has 0 N–H and O–H groups in total. The van der Waals surface area contributed by atoms with Crippen molar-refractivity contribution >= 4 is 16.8 Å². The number of carbonyl (C=O) groups is 1. The van der Waals surface area contributed by atoms with E-state index in [1.54, 1.807) is 17.0 Å². The molecule has 5 nitrogen and oxygen atoms in total. The van der Waals surface area contributed by atoms with Gasteiger partial charge in [0.1, 0.15) is 0 Å². The summed E-state index contributed by atoms with van der Waals surface area (Å²) in [6.07, 6.45) is 9.09. The second kappa shape index (κ2) is 5.54. The van der Waals surface area contributed by atoms with Crippen molar-refractivity contribution in [3.63, 3.8) is 0 Å². The van der Waals surface area contributed by atoms with Crippen molar-refractivity contribution < 1.29 is 9.53 Å². The van der Waals surface area contributed by atoms with Gasteiger partial charge in [-0.2, -0.15) is 5.10 Å². The molecule has 0 atom stereocenters. The van der Waals surface area contributed by atoms with E-state index in [0.29, 0.717) is 17.1 Å². The van der Waals surface area contributed by atoms with Gasteiger partial charge in [-0.05, 0) is 30.9 Å². The van der Waals surface area contributed by atoms with Crippen molar-refractivity contribution in [2.45, 2.75) is 12.8 Å². The fourth-order valence-electron chi connectivity index (χ4n) is 2.40. The number of hydrogen-bond donors (Lipinski definition) is 0.